The molecule has 0 radical (unpaired) electrons. The van der Waals surface area contributed by atoms with Crippen molar-refractivity contribution in [3.05, 3.63) is 77.1 Å². The van der Waals surface area contributed by atoms with Crippen molar-refractivity contribution in [2.75, 3.05) is 37.1 Å². The number of aromatic amines is 1. The Morgan fingerprint density at radius 1 is 1.16 bits per heavy atom. The fourth-order valence-corrected chi connectivity index (χ4v) is 4.96. The minimum Gasteiger partial charge on any atom is -0.457 e. The lowest BCUT2D eigenvalue weighted by Crippen LogP contribution is -2.58. The van der Waals surface area contributed by atoms with E-state index in [2.05, 4.69) is 15.3 Å². The molecule has 2 aromatic heterocycles. The van der Waals surface area contributed by atoms with Gasteiger partial charge in [0.15, 0.2) is 0 Å². The van der Waals surface area contributed by atoms with Gasteiger partial charge >= 0.3 is 0 Å². The van der Waals surface area contributed by atoms with Gasteiger partial charge in [0, 0.05) is 31.0 Å². The molecule has 4 aromatic rings. The second-order valence-electron chi connectivity index (χ2n) is 9.06. The van der Waals surface area contributed by atoms with Crippen LogP contribution in [-0.2, 0) is 9.53 Å². The predicted molar refractivity (Wildman–Crippen MR) is 141 cm³/mol. The molecule has 4 N–H and O–H groups in total. The number of β-amino-alcohol motifs (C(OH)–C–C–N with tert-alkyl or cyclic N) is 1. The maximum Gasteiger partial charge on any atom is 0.254 e. The summed E-state index contributed by atoms with van der Waals surface area (Å²) in [6, 6.07) is 14.5. The lowest BCUT2D eigenvalue weighted by atomic mass is 9.94. The van der Waals surface area contributed by atoms with Crippen LogP contribution in [0.1, 0.15) is 24.2 Å². The Kier molecular flexibility index (Phi) is 6.78. The van der Waals surface area contributed by atoms with Crippen molar-refractivity contribution in [2.45, 2.75) is 18.6 Å². The molecule has 0 fully saturated rings. The van der Waals surface area contributed by atoms with E-state index in [4.69, 9.17) is 21.1 Å². The average molecular weight is 523 g/mol. The first-order valence-electron chi connectivity index (χ1n) is 11.8. The monoisotopic (exact) mass is 522 g/mol. The molecule has 0 saturated heterocycles. The molecule has 9 nitrogen and oxygen atoms in total. The van der Waals surface area contributed by atoms with Gasteiger partial charge in [-0.15, -0.1) is 0 Å². The van der Waals surface area contributed by atoms with E-state index in [9.17, 15) is 15.0 Å². The van der Waals surface area contributed by atoms with Crippen molar-refractivity contribution in [3.8, 4) is 11.5 Å². The second kappa shape index (κ2) is 10.0. The molecule has 1 amide bonds. The summed E-state index contributed by atoms with van der Waals surface area (Å²) in [6.07, 6.45) is 2.15. The molecule has 5 rings (SSSR count). The van der Waals surface area contributed by atoms with Gasteiger partial charge < -0.3 is 34.9 Å². The first-order valence-corrected chi connectivity index (χ1v) is 12.1. The molecule has 192 valence electrons. The number of carbonyl (C=O) groups is 1. The van der Waals surface area contributed by atoms with Crippen LogP contribution >= 0.6 is 11.6 Å². The number of aliphatic hydroxyl groups excluding tert-OH is 2. The maximum atomic E-state index is 13.3. The van der Waals surface area contributed by atoms with E-state index in [1.165, 1.54) is 12.0 Å². The number of nitrogens with zero attached hydrogens (tertiary/aromatic N) is 2. The smallest absolute Gasteiger partial charge is 0.254 e. The SMILES string of the molecule is COC[C@]1(C)Nc2c(cnc3[nH]cc(C(O)c4ccc(Oc5ccccc5)cc4Cl)c23)N(CCO)C1=O. The highest BCUT2D eigenvalue weighted by Crippen LogP contribution is 2.44. The van der Waals surface area contributed by atoms with Crippen molar-refractivity contribution >= 4 is 39.9 Å². The van der Waals surface area contributed by atoms with E-state index in [0.29, 0.717) is 50.1 Å². The Bertz CT molecular complexity index is 1440. The summed E-state index contributed by atoms with van der Waals surface area (Å²) in [5.74, 6) is 0.973. The number of carbonyl (C=O) groups excluding carboxylic acids is 1. The number of amides is 1. The van der Waals surface area contributed by atoms with Gasteiger partial charge in [-0.1, -0.05) is 35.9 Å². The van der Waals surface area contributed by atoms with E-state index in [1.54, 1.807) is 37.5 Å². The number of nitrogens with one attached hydrogen (secondary N) is 2. The number of fused-ring (bicyclic) bond motifs is 3. The number of aromatic nitrogens is 2. The second-order valence-corrected chi connectivity index (χ2v) is 9.46. The largest absolute Gasteiger partial charge is 0.457 e. The quantitative estimate of drug-likeness (QED) is 0.273. The zero-order valence-corrected chi connectivity index (χ0v) is 21.1. The molecule has 37 heavy (non-hydrogen) atoms. The molecule has 2 atom stereocenters. The van der Waals surface area contributed by atoms with E-state index in [1.807, 2.05) is 30.3 Å². The van der Waals surface area contributed by atoms with Gasteiger partial charge in [-0.25, -0.2) is 4.98 Å². The lowest BCUT2D eigenvalue weighted by molar-refractivity contribution is -0.124. The van der Waals surface area contributed by atoms with Crippen LogP contribution in [0.3, 0.4) is 0 Å². The summed E-state index contributed by atoms with van der Waals surface area (Å²) >= 11 is 6.59. The number of anilines is 2. The third-order valence-corrected chi connectivity index (χ3v) is 6.74. The molecule has 0 bridgehead atoms. The summed E-state index contributed by atoms with van der Waals surface area (Å²) in [4.78, 5) is 22.3. The number of ether oxygens (including phenoxy) is 2. The van der Waals surface area contributed by atoms with Crippen LogP contribution in [0.25, 0.3) is 11.0 Å². The average Bonchev–Trinajstić information content (AvgIpc) is 3.32. The molecular formula is C27H27ClN4O5. The Labute approximate surface area is 218 Å². The highest BCUT2D eigenvalue weighted by Gasteiger charge is 2.43. The number of rotatable bonds is 8. The zero-order valence-electron chi connectivity index (χ0n) is 20.4. The van der Waals surface area contributed by atoms with E-state index in [-0.39, 0.29) is 25.7 Å². The molecular weight excluding hydrogens is 496 g/mol. The highest BCUT2D eigenvalue weighted by atomic mass is 35.5. The normalized spacial score (nSPS) is 18.0. The number of hydrogen-bond donors (Lipinski definition) is 4. The minimum atomic E-state index is -1.10. The first kappa shape index (κ1) is 25.0. The van der Waals surface area contributed by atoms with Crippen LogP contribution in [0.5, 0.6) is 11.5 Å². The molecule has 0 spiro atoms. The van der Waals surface area contributed by atoms with E-state index in [0.717, 1.165) is 0 Å². The summed E-state index contributed by atoms with van der Waals surface area (Å²) in [6.45, 7) is 1.72. The molecule has 3 heterocycles. The molecule has 1 aliphatic heterocycles. The van der Waals surface area contributed by atoms with Crippen LogP contribution in [0.2, 0.25) is 5.02 Å². The lowest BCUT2D eigenvalue weighted by Gasteiger charge is -2.41. The van der Waals surface area contributed by atoms with Crippen LogP contribution in [0.15, 0.2) is 60.9 Å². The zero-order chi connectivity index (χ0) is 26.2. The van der Waals surface area contributed by atoms with Gasteiger partial charge in [0.1, 0.15) is 28.8 Å². The number of pyridine rings is 1. The van der Waals surface area contributed by atoms with Crippen molar-refractivity contribution in [3.63, 3.8) is 0 Å². The van der Waals surface area contributed by atoms with Gasteiger partial charge in [-0.05, 0) is 31.2 Å². The Balaban J connectivity index is 1.56. The summed E-state index contributed by atoms with van der Waals surface area (Å²) in [5.41, 5.74) is 1.57. The number of methoxy groups -OCH3 is 1. The molecule has 10 heteroatoms. The fraction of sp³-hybridized carbons (Fsp3) is 0.259. The highest BCUT2D eigenvalue weighted by molar-refractivity contribution is 6.31. The fourth-order valence-electron chi connectivity index (χ4n) is 4.69. The van der Waals surface area contributed by atoms with Gasteiger partial charge in [0.05, 0.1) is 41.2 Å². The number of H-pyrrole nitrogens is 1. The third kappa shape index (κ3) is 4.51. The van der Waals surface area contributed by atoms with Crippen LogP contribution in [0, 0.1) is 0 Å². The van der Waals surface area contributed by atoms with Crippen molar-refractivity contribution in [2.24, 2.45) is 0 Å². The van der Waals surface area contributed by atoms with Gasteiger partial charge in [0.2, 0.25) is 0 Å². The van der Waals surface area contributed by atoms with Gasteiger partial charge in [-0.3, -0.25) is 4.79 Å². The first-order chi connectivity index (χ1) is 17.9. The van der Waals surface area contributed by atoms with Crippen molar-refractivity contribution in [1.82, 2.24) is 9.97 Å². The van der Waals surface area contributed by atoms with Crippen molar-refractivity contribution in [1.29, 1.82) is 0 Å². The van der Waals surface area contributed by atoms with Crippen LogP contribution in [-0.4, -0.2) is 58.5 Å². The summed E-state index contributed by atoms with van der Waals surface area (Å²) < 4.78 is 11.2. The van der Waals surface area contributed by atoms with Crippen LogP contribution in [0.4, 0.5) is 11.4 Å². The number of aliphatic hydroxyl groups is 2. The number of halogens is 1. The van der Waals surface area contributed by atoms with Gasteiger partial charge in [-0.2, -0.15) is 0 Å². The predicted octanol–water partition coefficient (Wildman–Crippen LogP) is 4.25. The third-order valence-electron chi connectivity index (χ3n) is 6.42. The molecule has 1 aliphatic rings. The number of hydrogen-bond acceptors (Lipinski definition) is 7. The number of para-hydroxylation sites is 1. The Hall–Kier alpha value is -3.63. The molecule has 1 unspecified atom stereocenters. The van der Waals surface area contributed by atoms with Gasteiger partial charge in [0.25, 0.3) is 5.91 Å². The van der Waals surface area contributed by atoms with Crippen molar-refractivity contribution < 1.29 is 24.5 Å². The topological polar surface area (TPSA) is 120 Å². The Morgan fingerprint density at radius 2 is 1.95 bits per heavy atom. The summed E-state index contributed by atoms with van der Waals surface area (Å²) in [5, 5.41) is 25.4. The summed E-state index contributed by atoms with van der Waals surface area (Å²) in [7, 11) is 1.52. The van der Waals surface area contributed by atoms with Crippen LogP contribution < -0.4 is 15.0 Å². The standard InChI is InChI=1S/C27H27ClN4O5/c1-27(15-36-2)26(35)32(10-11-33)21-14-30-25-22(23(21)31-27)19(13-29-25)24(34)18-9-8-17(12-20(18)28)37-16-6-4-3-5-7-16/h3-9,12-14,24,31,33-34H,10-11,15H2,1-2H3,(H,29,30)/t24?,27-/m0/s1. The maximum absolute atomic E-state index is 13.3. The van der Waals surface area contributed by atoms with E-state index < -0.39 is 11.6 Å². The number of benzene rings is 2. The van der Waals surface area contributed by atoms with E-state index >= 15 is 0 Å². The molecule has 2 aromatic carbocycles. The minimum absolute atomic E-state index is 0.0943. The molecule has 0 saturated carbocycles. The Morgan fingerprint density at radius 3 is 2.65 bits per heavy atom. The molecule has 0 aliphatic carbocycles.